The van der Waals surface area contributed by atoms with E-state index in [0.717, 1.165) is 23.2 Å². The van der Waals surface area contributed by atoms with E-state index in [4.69, 9.17) is 0 Å². The predicted octanol–water partition coefficient (Wildman–Crippen LogP) is 4.84. The summed E-state index contributed by atoms with van der Waals surface area (Å²) in [4.78, 5) is 11.9. The van der Waals surface area contributed by atoms with Gasteiger partial charge in [-0.2, -0.15) is 0 Å². The Balaban J connectivity index is 1.81. The Morgan fingerprint density at radius 2 is 1.66 bits per heavy atom. The van der Waals surface area contributed by atoms with Crippen molar-refractivity contribution in [3.63, 3.8) is 0 Å². The number of aryl methyl sites for hydroxylation is 1. The third kappa shape index (κ3) is 4.57. The number of aromatic carboxylic acids is 1. The van der Waals surface area contributed by atoms with Gasteiger partial charge in [-0.3, -0.25) is 0 Å². The summed E-state index contributed by atoms with van der Waals surface area (Å²) in [7, 11) is 0. The van der Waals surface area contributed by atoms with Crippen LogP contribution in [0.2, 0.25) is 0 Å². The number of nitrogens with zero attached hydrogens (tertiary/aromatic N) is 1. The summed E-state index contributed by atoms with van der Waals surface area (Å²) >= 11 is 0. The molecule has 5 heteroatoms. The Morgan fingerprint density at radius 3 is 2.28 bits per heavy atom. The number of halogens is 1. The first-order valence-electron chi connectivity index (χ1n) is 9.86. The number of carboxylic acid groups (broad SMARTS) is 1. The molecule has 0 aliphatic carbocycles. The van der Waals surface area contributed by atoms with Gasteiger partial charge in [-0.15, -0.1) is 0 Å². The molecule has 1 aromatic heterocycles. The summed E-state index contributed by atoms with van der Waals surface area (Å²) < 4.78 is 16.0. The fourth-order valence-corrected chi connectivity index (χ4v) is 3.71. The van der Waals surface area contributed by atoms with Gasteiger partial charge in [-0.05, 0) is 37.5 Å². The summed E-state index contributed by atoms with van der Waals surface area (Å²) in [5.41, 5.74) is 5.52. The molecule has 4 nitrogen and oxygen atoms in total. The minimum absolute atomic E-state index is 0.285. The van der Waals surface area contributed by atoms with Crippen LogP contribution >= 0.6 is 0 Å². The lowest BCUT2D eigenvalue weighted by atomic mass is 10.1. The summed E-state index contributed by atoms with van der Waals surface area (Å²) in [6.45, 7) is 7.20. The lowest BCUT2D eigenvalue weighted by Gasteiger charge is -2.11. The second-order valence-electron chi connectivity index (χ2n) is 7.28. The second kappa shape index (κ2) is 9.05. The summed E-state index contributed by atoms with van der Waals surface area (Å²) in [6, 6.07) is 15.0. The van der Waals surface area contributed by atoms with Crippen molar-refractivity contribution in [2.45, 2.75) is 46.8 Å². The van der Waals surface area contributed by atoms with Crippen LogP contribution in [0.4, 0.5) is 4.39 Å². The van der Waals surface area contributed by atoms with E-state index in [1.807, 2.05) is 11.5 Å². The maximum Gasteiger partial charge on any atom is 0.337 e. The molecule has 1 heterocycles. The lowest BCUT2D eigenvalue weighted by molar-refractivity contribution is 0.0694. The molecule has 0 saturated heterocycles. The monoisotopic (exact) mass is 394 g/mol. The first-order valence-corrected chi connectivity index (χ1v) is 9.86. The average molecular weight is 394 g/mol. The molecule has 0 radical (unpaired) electrons. The van der Waals surface area contributed by atoms with Crippen molar-refractivity contribution in [1.29, 1.82) is 0 Å². The van der Waals surface area contributed by atoms with Gasteiger partial charge in [0, 0.05) is 35.6 Å². The Labute approximate surface area is 171 Å². The van der Waals surface area contributed by atoms with Crippen LogP contribution in [0.3, 0.4) is 0 Å². The molecule has 0 aliphatic heterocycles. The zero-order chi connectivity index (χ0) is 21.0. The van der Waals surface area contributed by atoms with E-state index in [1.165, 1.54) is 11.6 Å². The molecule has 152 valence electrons. The van der Waals surface area contributed by atoms with Crippen LogP contribution in [0, 0.1) is 19.7 Å². The zero-order valence-electron chi connectivity index (χ0n) is 17.1. The molecule has 2 aromatic carbocycles. The van der Waals surface area contributed by atoms with Crippen molar-refractivity contribution < 1.29 is 14.3 Å². The first-order chi connectivity index (χ1) is 13.9. The molecule has 0 aliphatic rings. The first kappa shape index (κ1) is 20.8. The fourth-order valence-electron chi connectivity index (χ4n) is 3.71. The standard InChI is InChI=1S/C24H27FN2O2/c1-4-18-9-11-19(12-10-18)13-26-14-21-16(2)27(17(3)23(21)24(28)29)15-20-7-5-6-8-22(20)25/h5-12,26H,4,13-15H2,1-3H3,(H,28,29). The van der Waals surface area contributed by atoms with Crippen LogP contribution in [0.5, 0.6) is 0 Å². The highest BCUT2D eigenvalue weighted by atomic mass is 19.1. The number of carbonyl (C=O) groups is 1. The molecule has 3 rings (SSSR count). The zero-order valence-corrected chi connectivity index (χ0v) is 17.1. The van der Waals surface area contributed by atoms with Crippen molar-refractivity contribution in [3.05, 3.63) is 93.6 Å². The van der Waals surface area contributed by atoms with Gasteiger partial charge in [0.05, 0.1) is 12.1 Å². The maximum atomic E-state index is 14.1. The van der Waals surface area contributed by atoms with Gasteiger partial charge in [-0.25, -0.2) is 9.18 Å². The van der Waals surface area contributed by atoms with E-state index < -0.39 is 5.97 Å². The number of benzene rings is 2. The molecule has 0 fully saturated rings. The Hall–Kier alpha value is -2.92. The second-order valence-corrected chi connectivity index (χ2v) is 7.28. The summed E-state index contributed by atoms with van der Waals surface area (Å²) in [6.07, 6.45) is 1.00. The van der Waals surface area contributed by atoms with E-state index in [2.05, 4.69) is 36.5 Å². The molecule has 3 aromatic rings. The highest BCUT2D eigenvalue weighted by Gasteiger charge is 2.22. The molecule has 0 bridgehead atoms. The normalized spacial score (nSPS) is 11.0. The van der Waals surface area contributed by atoms with E-state index >= 15 is 0 Å². The number of hydrogen-bond acceptors (Lipinski definition) is 2. The average Bonchev–Trinajstić information content (AvgIpc) is 2.94. The third-order valence-electron chi connectivity index (χ3n) is 5.47. The van der Waals surface area contributed by atoms with Gasteiger partial charge >= 0.3 is 5.97 Å². The smallest absolute Gasteiger partial charge is 0.337 e. The molecule has 2 N–H and O–H groups in total. The van der Waals surface area contributed by atoms with Crippen LogP contribution < -0.4 is 5.32 Å². The van der Waals surface area contributed by atoms with Crippen molar-refractivity contribution in [3.8, 4) is 0 Å². The van der Waals surface area contributed by atoms with Gasteiger partial charge < -0.3 is 15.0 Å². The molecule has 29 heavy (non-hydrogen) atoms. The highest BCUT2D eigenvalue weighted by molar-refractivity contribution is 5.91. The van der Waals surface area contributed by atoms with Gasteiger partial charge in [-0.1, -0.05) is 49.4 Å². The van der Waals surface area contributed by atoms with Crippen LogP contribution in [0.15, 0.2) is 48.5 Å². The Morgan fingerprint density at radius 1 is 1.00 bits per heavy atom. The fraction of sp³-hybridized carbons (Fsp3) is 0.292. The number of rotatable bonds is 8. The number of aromatic nitrogens is 1. The number of nitrogens with one attached hydrogen (secondary N) is 1. The van der Waals surface area contributed by atoms with Gasteiger partial charge in [0.25, 0.3) is 0 Å². The van der Waals surface area contributed by atoms with Crippen LogP contribution in [-0.4, -0.2) is 15.6 Å². The minimum Gasteiger partial charge on any atom is -0.478 e. The molecular weight excluding hydrogens is 367 g/mol. The quantitative estimate of drug-likeness (QED) is 0.575. The van der Waals surface area contributed by atoms with E-state index in [0.29, 0.717) is 36.5 Å². The van der Waals surface area contributed by atoms with E-state index in [9.17, 15) is 14.3 Å². The molecule has 0 unspecified atom stereocenters. The third-order valence-corrected chi connectivity index (χ3v) is 5.47. The van der Waals surface area contributed by atoms with Crippen molar-refractivity contribution >= 4 is 5.97 Å². The molecular formula is C24H27FN2O2. The van der Waals surface area contributed by atoms with Crippen molar-refractivity contribution in [1.82, 2.24) is 9.88 Å². The number of carboxylic acids is 1. The van der Waals surface area contributed by atoms with Gasteiger partial charge in [0.1, 0.15) is 5.82 Å². The van der Waals surface area contributed by atoms with E-state index in [1.54, 1.807) is 25.1 Å². The van der Waals surface area contributed by atoms with Crippen LogP contribution in [0.25, 0.3) is 0 Å². The van der Waals surface area contributed by atoms with Crippen LogP contribution in [0.1, 0.15) is 50.9 Å². The number of hydrogen-bond donors (Lipinski definition) is 2. The largest absolute Gasteiger partial charge is 0.478 e. The van der Waals surface area contributed by atoms with Crippen molar-refractivity contribution in [2.24, 2.45) is 0 Å². The molecule has 0 atom stereocenters. The Bertz CT molecular complexity index is 1010. The predicted molar refractivity (Wildman–Crippen MR) is 113 cm³/mol. The topological polar surface area (TPSA) is 54.3 Å². The Kier molecular flexibility index (Phi) is 6.49. The summed E-state index contributed by atoms with van der Waals surface area (Å²) in [5.74, 6) is -1.24. The lowest BCUT2D eigenvalue weighted by Crippen LogP contribution is -2.15. The van der Waals surface area contributed by atoms with Gasteiger partial charge in [0.15, 0.2) is 0 Å². The minimum atomic E-state index is -0.956. The summed E-state index contributed by atoms with van der Waals surface area (Å²) in [5, 5.41) is 13.1. The van der Waals surface area contributed by atoms with E-state index in [-0.39, 0.29) is 5.82 Å². The van der Waals surface area contributed by atoms with Crippen molar-refractivity contribution in [2.75, 3.05) is 0 Å². The molecule has 0 amide bonds. The van der Waals surface area contributed by atoms with Gasteiger partial charge in [0.2, 0.25) is 0 Å². The molecule has 0 saturated carbocycles. The molecule has 0 spiro atoms. The maximum absolute atomic E-state index is 14.1. The highest BCUT2D eigenvalue weighted by Crippen LogP contribution is 2.24. The van der Waals surface area contributed by atoms with Crippen LogP contribution in [-0.2, 0) is 26.1 Å². The SMILES string of the molecule is CCc1ccc(CNCc2c(C(=O)O)c(C)n(Cc3ccccc3F)c2C)cc1.